The number of nitrogen functional groups attached to an aromatic ring is 1. The molecule has 0 unspecified atom stereocenters. The molecule has 1 aromatic carbocycles. The molecule has 4 nitrogen and oxygen atoms in total. The zero-order valence-electron chi connectivity index (χ0n) is 13.7. The monoisotopic (exact) mass is 297 g/mol. The molecule has 0 saturated heterocycles. The van der Waals surface area contributed by atoms with E-state index < -0.39 is 0 Å². The summed E-state index contributed by atoms with van der Waals surface area (Å²) in [7, 11) is 0. The van der Waals surface area contributed by atoms with Gasteiger partial charge in [0.25, 0.3) is 0 Å². The average Bonchev–Trinajstić information content (AvgIpc) is 3.10. The molecule has 0 aliphatic carbocycles. The Labute approximate surface area is 130 Å². The highest BCUT2D eigenvalue weighted by atomic mass is 16.5. The molecule has 4 heteroatoms. The SMILES string of the molecule is Cc1[nH]c2c(OCCn3cccc3)c(C)c(C)c(N)c2c1C. The molecule has 0 aliphatic heterocycles. The van der Waals surface area contributed by atoms with Crippen LogP contribution in [0.3, 0.4) is 0 Å². The number of nitrogens with zero attached hydrogens (tertiary/aromatic N) is 1. The van der Waals surface area contributed by atoms with E-state index in [2.05, 4.69) is 37.2 Å². The minimum atomic E-state index is 0.630. The summed E-state index contributed by atoms with van der Waals surface area (Å²) in [5, 5.41) is 1.09. The number of hydrogen-bond donors (Lipinski definition) is 2. The smallest absolute Gasteiger partial charge is 0.146 e. The maximum atomic E-state index is 6.33. The fraction of sp³-hybridized carbons (Fsp3) is 0.333. The lowest BCUT2D eigenvalue weighted by Crippen LogP contribution is -2.08. The summed E-state index contributed by atoms with van der Waals surface area (Å²) in [4.78, 5) is 3.44. The Morgan fingerprint density at radius 2 is 1.73 bits per heavy atom. The van der Waals surface area contributed by atoms with Gasteiger partial charge >= 0.3 is 0 Å². The number of hydrogen-bond acceptors (Lipinski definition) is 2. The van der Waals surface area contributed by atoms with Crippen molar-refractivity contribution in [2.75, 3.05) is 12.3 Å². The van der Waals surface area contributed by atoms with Crippen molar-refractivity contribution >= 4 is 16.6 Å². The molecule has 22 heavy (non-hydrogen) atoms. The van der Waals surface area contributed by atoms with Crippen LogP contribution in [0.15, 0.2) is 24.5 Å². The van der Waals surface area contributed by atoms with Crippen molar-refractivity contribution in [2.45, 2.75) is 34.2 Å². The standard InChI is InChI=1S/C18H23N3O/c1-11-12(2)18(22-10-9-21-7-5-6-8-21)17-15(16(11)19)13(3)14(4)20-17/h5-8,20H,9-10,19H2,1-4H3. The van der Waals surface area contributed by atoms with Crippen LogP contribution in [0.25, 0.3) is 10.9 Å². The fourth-order valence-electron chi connectivity index (χ4n) is 2.93. The van der Waals surface area contributed by atoms with Gasteiger partial charge in [0.05, 0.1) is 12.1 Å². The molecule has 0 aliphatic rings. The van der Waals surface area contributed by atoms with Gasteiger partial charge < -0.3 is 20.0 Å². The van der Waals surface area contributed by atoms with Crippen LogP contribution in [-0.4, -0.2) is 16.2 Å². The van der Waals surface area contributed by atoms with Crippen LogP contribution in [0.1, 0.15) is 22.4 Å². The van der Waals surface area contributed by atoms with Crippen LogP contribution >= 0.6 is 0 Å². The van der Waals surface area contributed by atoms with Crippen LogP contribution in [0.2, 0.25) is 0 Å². The van der Waals surface area contributed by atoms with Crippen molar-refractivity contribution in [3.8, 4) is 5.75 Å². The molecule has 2 heterocycles. The number of benzene rings is 1. The molecule has 0 radical (unpaired) electrons. The summed E-state index contributed by atoms with van der Waals surface area (Å²) in [5.74, 6) is 0.921. The topological polar surface area (TPSA) is 56.0 Å². The van der Waals surface area contributed by atoms with Gasteiger partial charge in [-0.1, -0.05) is 0 Å². The zero-order valence-corrected chi connectivity index (χ0v) is 13.7. The summed E-state index contributed by atoms with van der Waals surface area (Å²) in [6.07, 6.45) is 4.09. The number of aromatic nitrogens is 2. The zero-order chi connectivity index (χ0) is 15.9. The Bertz CT molecular complexity index is 813. The Morgan fingerprint density at radius 1 is 1.05 bits per heavy atom. The van der Waals surface area contributed by atoms with Crippen molar-refractivity contribution in [3.63, 3.8) is 0 Å². The molecule has 0 saturated carbocycles. The molecule has 3 aromatic rings. The van der Waals surface area contributed by atoms with Gasteiger partial charge in [-0.2, -0.15) is 0 Å². The molecule has 0 fully saturated rings. The summed E-state index contributed by atoms with van der Waals surface area (Å²) in [6, 6.07) is 4.04. The minimum absolute atomic E-state index is 0.630. The molecule has 3 rings (SSSR count). The number of nitrogens with two attached hydrogens (primary N) is 1. The summed E-state index contributed by atoms with van der Waals surface area (Å²) >= 11 is 0. The predicted molar refractivity (Wildman–Crippen MR) is 91.6 cm³/mol. The van der Waals surface area contributed by atoms with Gasteiger partial charge in [-0.15, -0.1) is 0 Å². The second-order valence-corrected chi connectivity index (χ2v) is 5.89. The van der Waals surface area contributed by atoms with Crippen LogP contribution in [0.4, 0.5) is 5.69 Å². The van der Waals surface area contributed by atoms with Crippen molar-refractivity contribution < 1.29 is 4.74 Å². The van der Waals surface area contributed by atoms with Gasteiger partial charge in [0.1, 0.15) is 12.4 Å². The second-order valence-electron chi connectivity index (χ2n) is 5.89. The van der Waals surface area contributed by atoms with Gasteiger partial charge in [-0.25, -0.2) is 0 Å². The number of nitrogens with one attached hydrogen (secondary N) is 1. The first-order valence-electron chi connectivity index (χ1n) is 7.61. The number of fused-ring (bicyclic) bond motifs is 1. The molecule has 0 atom stereocenters. The van der Waals surface area contributed by atoms with E-state index in [9.17, 15) is 0 Å². The average molecular weight is 297 g/mol. The first-order chi connectivity index (χ1) is 10.5. The Hall–Kier alpha value is -2.36. The third-order valence-corrected chi connectivity index (χ3v) is 4.57. The van der Waals surface area contributed by atoms with Crippen molar-refractivity contribution in [3.05, 3.63) is 46.9 Å². The van der Waals surface area contributed by atoms with E-state index in [0.717, 1.165) is 45.7 Å². The lowest BCUT2D eigenvalue weighted by atomic mass is 10.0. The number of H-pyrrole nitrogens is 1. The predicted octanol–water partition coefficient (Wildman–Crippen LogP) is 3.86. The quantitative estimate of drug-likeness (QED) is 0.718. The van der Waals surface area contributed by atoms with E-state index >= 15 is 0 Å². The lowest BCUT2D eigenvalue weighted by Gasteiger charge is -2.15. The summed E-state index contributed by atoms with van der Waals surface area (Å²) in [5.41, 5.74) is 12.8. The highest BCUT2D eigenvalue weighted by molar-refractivity contribution is 6.01. The van der Waals surface area contributed by atoms with E-state index in [1.165, 1.54) is 5.56 Å². The van der Waals surface area contributed by atoms with Gasteiger partial charge in [0, 0.05) is 29.2 Å². The minimum Gasteiger partial charge on any atom is -0.489 e. The van der Waals surface area contributed by atoms with Gasteiger partial charge in [0.15, 0.2) is 0 Å². The maximum absolute atomic E-state index is 6.33. The van der Waals surface area contributed by atoms with Gasteiger partial charge in [0.2, 0.25) is 0 Å². The molecule has 0 bridgehead atoms. The molecule has 3 N–H and O–H groups in total. The number of aromatic amines is 1. The summed E-state index contributed by atoms with van der Waals surface area (Å²) in [6.45, 7) is 9.76. The van der Waals surface area contributed by atoms with Crippen molar-refractivity contribution in [2.24, 2.45) is 0 Å². The first kappa shape index (κ1) is 14.6. The molecule has 2 aromatic heterocycles. The van der Waals surface area contributed by atoms with E-state index in [1.54, 1.807) is 0 Å². The van der Waals surface area contributed by atoms with E-state index in [-0.39, 0.29) is 0 Å². The number of aryl methyl sites for hydroxylation is 2. The molecule has 116 valence electrons. The van der Waals surface area contributed by atoms with E-state index in [0.29, 0.717) is 6.61 Å². The van der Waals surface area contributed by atoms with Gasteiger partial charge in [-0.05, 0) is 56.5 Å². The maximum Gasteiger partial charge on any atom is 0.146 e. The molecular weight excluding hydrogens is 274 g/mol. The van der Waals surface area contributed by atoms with E-state index in [1.807, 2.05) is 24.5 Å². The second kappa shape index (κ2) is 5.44. The molecule has 0 spiro atoms. The Morgan fingerprint density at radius 3 is 2.41 bits per heavy atom. The Kier molecular flexibility index (Phi) is 3.61. The van der Waals surface area contributed by atoms with Crippen molar-refractivity contribution in [1.29, 1.82) is 0 Å². The normalized spacial score (nSPS) is 11.3. The lowest BCUT2D eigenvalue weighted by molar-refractivity contribution is 0.299. The largest absolute Gasteiger partial charge is 0.489 e. The summed E-state index contributed by atoms with van der Waals surface area (Å²) < 4.78 is 8.23. The highest BCUT2D eigenvalue weighted by Gasteiger charge is 2.18. The third kappa shape index (κ3) is 2.25. The molecule has 0 amide bonds. The number of anilines is 1. The van der Waals surface area contributed by atoms with Crippen molar-refractivity contribution in [1.82, 2.24) is 9.55 Å². The Balaban J connectivity index is 1.99. The molecular formula is C18H23N3O. The van der Waals surface area contributed by atoms with Crippen LogP contribution in [0.5, 0.6) is 5.75 Å². The van der Waals surface area contributed by atoms with Gasteiger partial charge in [-0.3, -0.25) is 0 Å². The third-order valence-electron chi connectivity index (χ3n) is 4.57. The fourth-order valence-corrected chi connectivity index (χ4v) is 2.93. The number of rotatable bonds is 4. The van der Waals surface area contributed by atoms with Crippen LogP contribution < -0.4 is 10.5 Å². The number of ether oxygens (including phenoxy) is 1. The highest BCUT2D eigenvalue weighted by Crippen LogP contribution is 2.39. The first-order valence-corrected chi connectivity index (χ1v) is 7.61. The van der Waals surface area contributed by atoms with E-state index in [4.69, 9.17) is 10.5 Å². The van der Waals surface area contributed by atoms with Crippen LogP contribution in [-0.2, 0) is 6.54 Å². The van der Waals surface area contributed by atoms with Crippen LogP contribution in [0, 0.1) is 27.7 Å².